The van der Waals surface area contributed by atoms with E-state index in [-0.39, 0.29) is 6.10 Å². The van der Waals surface area contributed by atoms with Gasteiger partial charge in [0.25, 0.3) is 0 Å². The molecular formula is C11H16O2. The molecule has 0 saturated carbocycles. The number of aliphatic hydroxyl groups excluding tert-OH is 1. The van der Waals surface area contributed by atoms with E-state index < -0.39 is 6.10 Å². The van der Waals surface area contributed by atoms with Crippen molar-refractivity contribution in [1.29, 1.82) is 0 Å². The standard InChI is InChI=1S/C11H16O2/c1-8-4-6-11(7-5-8)13-10(3)9(2)12/h4-7,9-10,12H,1-3H3/t9-,10+/m0/s1. The first-order valence-electron chi connectivity index (χ1n) is 4.51. The molecule has 0 aliphatic heterocycles. The quantitative estimate of drug-likeness (QED) is 0.772. The van der Waals surface area contributed by atoms with Crippen LogP contribution in [-0.4, -0.2) is 17.3 Å². The van der Waals surface area contributed by atoms with Crippen molar-refractivity contribution in [1.82, 2.24) is 0 Å². The van der Waals surface area contributed by atoms with Crippen molar-refractivity contribution >= 4 is 0 Å². The van der Waals surface area contributed by atoms with Crippen molar-refractivity contribution in [2.45, 2.75) is 33.0 Å². The van der Waals surface area contributed by atoms with Crippen LogP contribution in [0.4, 0.5) is 0 Å². The van der Waals surface area contributed by atoms with Crippen LogP contribution >= 0.6 is 0 Å². The van der Waals surface area contributed by atoms with Gasteiger partial charge in [0.05, 0.1) is 6.10 Å². The highest BCUT2D eigenvalue weighted by molar-refractivity contribution is 5.26. The van der Waals surface area contributed by atoms with Crippen molar-refractivity contribution in [3.63, 3.8) is 0 Å². The van der Waals surface area contributed by atoms with Gasteiger partial charge in [-0.15, -0.1) is 0 Å². The van der Waals surface area contributed by atoms with Gasteiger partial charge in [-0.25, -0.2) is 0 Å². The minimum Gasteiger partial charge on any atom is -0.488 e. The Morgan fingerprint density at radius 1 is 1.15 bits per heavy atom. The Labute approximate surface area is 79.2 Å². The molecule has 1 rings (SSSR count). The number of ether oxygens (including phenoxy) is 1. The van der Waals surface area contributed by atoms with Crippen molar-refractivity contribution in [3.8, 4) is 5.75 Å². The molecule has 0 radical (unpaired) electrons. The maximum Gasteiger partial charge on any atom is 0.121 e. The molecule has 2 heteroatoms. The summed E-state index contributed by atoms with van der Waals surface area (Å²) in [6, 6.07) is 7.80. The molecule has 0 aliphatic carbocycles. The Kier molecular flexibility index (Phi) is 3.32. The number of hydrogen-bond donors (Lipinski definition) is 1. The topological polar surface area (TPSA) is 29.5 Å². The van der Waals surface area contributed by atoms with Gasteiger partial charge in [0, 0.05) is 0 Å². The average molecular weight is 180 g/mol. The molecule has 13 heavy (non-hydrogen) atoms. The van der Waals surface area contributed by atoms with Crippen molar-refractivity contribution in [3.05, 3.63) is 29.8 Å². The second-order valence-corrected chi connectivity index (χ2v) is 3.38. The largest absolute Gasteiger partial charge is 0.488 e. The summed E-state index contributed by atoms with van der Waals surface area (Å²) in [4.78, 5) is 0. The van der Waals surface area contributed by atoms with Crippen LogP contribution in [-0.2, 0) is 0 Å². The normalized spacial score (nSPS) is 15.1. The van der Waals surface area contributed by atoms with Crippen molar-refractivity contribution in [2.24, 2.45) is 0 Å². The molecule has 2 atom stereocenters. The molecule has 0 heterocycles. The summed E-state index contributed by atoms with van der Waals surface area (Å²) in [7, 11) is 0. The van der Waals surface area contributed by atoms with E-state index in [1.807, 2.05) is 38.1 Å². The summed E-state index contributed by atoms with van der Waals surface area (Å²) < 4.78 is 5.48. The van der Waals surface area contributed by atoms with Crippen LogP contribution in [0.1, 0.15) is 19.4 Å². The summed E-state index contributed by atoms with van der Waals surface area (Å²) >= 11 is 0. The third kappa shape index (κ3) is 3.07. The zero-order valence-corrected chi connectivity index (χ0v) is 8.32. The van der Waals surface area contributed by atoms with Crippen LogP contribution in [0.3, 0.4) is 0 Å². The first-order chi connectivity index (χ1) is 6.09. The van der Waals surface area contributed by atoms with Gasteiger partial charge < -0.3 is 9.84 Å². The van der Waals surface area contributed by atoms with Gasteiger partial charge in [0.1, 0.15) is 11.9 Å². The minimum atomic E-state index is -0.443. The predicted molar refractivity (Wildman–Crippen MR) is 52.9 cm³/mol. The first kappa shape index (κ1) is 10.1. The van der Waals surface area contributed by atoms with Crippen molar-refractivity contribution in [2.75, 3.05) is 0 Å². The lowest BCUT2D eigenvalue weighted by Gasteiger charge is -2.17. The predicted octanol–water partition coefficient (Wildman–Crippen LogP) is 2.14. The van der Waals surface area contributed by atoms with Crippen LogP contribution in [0.5, 0.6) is 5.75 Å². The number of aliphatic hydroxyl groups is 1. The van der Waals surface area contributed by atoms with Gasteiger partial charge in [0.2, 0.25) is 0 Å². The number of aryl methyl sites for hydroxylation is 1. The van der Waals surface area contributed by atoms with Crippen LogP contribution in [0.25, 0.3) is 0 Å². The van der Waals surface area contributed by atoms with E-state index >= 15 is 0 Å². The lowest BCUT2D eigenvalue weighted by Crippen LogP contribution is -2.25. The van der Waals surface area contributed by atoms with Gasteiger partial charge in [-0.05, 0) is 32.9 Å². The SMILES string of the molecule is Cc1ccc(O[C@H](C)[C@H](C)O)cc1. The van der Waals surface area contributed by atoms with Gasteiger partial charge in [-0.1, -0.05) is 17.7 Å². The Bertz CT molecular complexity index is 251. The summed E-state index contributed by atoms with van der Waals surface area (Å²) in [5, 5.41) is 9.21. The van der Waals surface area contributed by atoms with Crippen LogP contribution in [0, 0.1) is 6.92 Å². The Hall–Kier alpha value is -1.02. The molecule has 2 nitrogen and oxygen atoms in total. The van der Waals surface area contributed by atoms with E-state index in [0.29, 0.717) is 0 Å². The van der Waals surface area contributed by atoms with Crippen LogP contribution < -0.4 is 4.74 Å². The van der Waals surface area contributed by atoms with Gasteiger partial charge >= 0.3 is 0 Å². The van der Waals surface area contributed by atoms with E-state index in [9.17, 15) is 5.11 Å². The zero-order valence-electron chi connectivity index (χ0n) is 8.32. The average Bonchev–Trinajstić information content (AvgIpc) is 2.08. The van der Waals surface area contributed by atoms with Gasteiger partial charge in [0.15, 0.2) is 0 Å². The molecule has 1 aromatic rings. The highest BCUT2D eigenvalue weighted by Crippen LogP contribution is 2.14. The molecule has 0 spiro atoms. The highest BCUT2D eigenvalue weighted by Gasteiger charge is 2.09. The zero-order chi connectivity index (χ0) is 9.84. The summed E-state index contributed by atoms with van der Waals surface area (Å²) in [6.07, 6.45) is -0.607. The molecule has 1 aromatic carbocycles. The molecule has 0 fully saturated rings. The monoisotopic (exact) mass is 180 g/mol. The molecule has 0 aromatic heterocycles. The third-order valence-corrected chi connectivity index (χ3v) is 2.02. The van der Waals surface area contributed by atoms with E-state index in [1.54, 1.807) is 6.92 Å². The number of hydrogen-bond acceptors (Lipinski definition) is 2. The maximum absolute atomic E-state index is 9.21. The first-order valence-corrected chi connectivity index (χ1v) is 4.51. The smallest absolute Gasteiger partial charge is 0.121 e. The van der Waals surface area contributed by atoms with E-state index in [0.717, 1.165) is 5.75 Å². The fourth-order valence-electron chi connectivity index (χ4n) is 0.930. The molecular weight excluding hydrogens is 164 g/mol. The molecule has 72 valence electrons. The fraction of sp³-hybridized carbons (Fsp3) is 0.455. The third-order valence-electron chi connectivity index (χ3n) is 2.02. The summed E-state index contributed by atoms with van der Waals surface area (Å²) in [6.45, 7) is 5.60. The highest BCUT2D eigenvalue weighted by atomic mass is 16.5. The maximum atomic E-state index is 9.21. The number of benzene rings is 1. The Balaban J connectivity index is 2.59. The molecule has 0 aliphatic rings. The van der Waals surface area contributed by atoms with E-state index in [4.69, 9.17) is 4.74 Å². The molecule has 0 unspecified atom stereocenters. The van der Waals surface area contributed by atoms with Gasteiger partial charge in [-0.3, -0.25) is 0 Å². The van der Waals surface area contributed by atoms with Crippen molar-refractivity contribution < 1.29 is 9.84 Å². The lowest BCUT2D eigenvalue weighted by atomic mass is 10.2. The Morgan fingerprint density at radius 2 is 1.69 bits per heavy atom. The molecule has 0 bridgehead atoms. The molecule has 0 saturated heterocycles. The second kappa shape index (κ2) is 4.28. The fourth-order valence-corrected chi connectivity index (χ4v) is 0.930. The van der Waals surface area contributed by atoms with E-state index in [1.165, 1.54) is 5.56 Å². The molecule has 1 N–H and O–H groups in total. The number of rotatable bonds is 3. The summed E-state index contributed by atoms with van der Waals surface area (Å²) in [5.74, 6) is 0.805. The lowest BCUT2D eigenvalue weighted by molar-refractivity contribution is 0.0604. The second-order valence-electron chi connectivity index (χ2n) is 3.38. The van der Waals surface area contributed by atoms with Gasteiger partial charge in [-0.2, -0.15) is 0 Å². The molecule has 0 amide bonds. The summed E-state index contributed by atoms with van der Waals surface area (Å²) in [5.41, 5.74) is 1.21. The van der Waals surface area contributed by atoms with Crippen LogP contribution in [0.2, 0.25) is 0 Å². The Morgan fingerprint density at radius 3 is 2.15 bits per heavy atom. The van der Waals surface area contributed by atoms with Crippen LogP contribution in [0.15, 0.2) is 24.3 Å². The van der Waals surface area contributed by atoms with E-state index in [2.05, 4.69) is 0 Å². The minimum absolute atomic E-state index is 0.164.